The molecule has 7 heteroatoms. The summed E-state index contributed by atoms with van der Waals surface area (Å²) in [6.07, 6.45) is 0. The van der Waals surface area contributed by atoms with Gasteiger partial charge in [-0.15, -0.1) is 0 Å². The zero-order valence-electron chi connectivity index (χ0n) is 15.5. The van der Waals surface area contributed by atoms with E-state index in [-0.39, 0.29) is 54.9 Å². The van der Waals surface area contributed by atoms with Crippen LogP contribution in [0.3, 0.4) is 0 Å². The zero-order valence-corrected chi connectivity index (χ0v) is 21.3. The molecule has 24 heavy (non-hydrogen) atoms. The molecule has 2 aromatic carbocycles. The predicted octanol–water partition coefficient (Wildman–Crippen LogP) is 0.493. The monoisotopic (exact) mass is 462 g/mol. The summed E-state index contributed by atoms with van der Waals surface area (Å²) in [6.45, 7) is 5.24. The van der Waals surface area contributed by atoms with Crippen molar-refractivity contribution >= 4 is 52.6 Å². The molecule has 0 heterocycles. The van der Waals surface area contributed by atoms with Crippen molar-refractivity contribution in [1.82, 2.24) is 0 Å². The van der Waals surface area contributed by atoms with Crippen LogP contribution < -0.4 is 49.7 Å². The van der Waals surface area contributed by atoms with Crippen LogP contribution in [-0.2, 0) is 0 Å². The average Bonchev–Trinajstić information content (AvgIpc) is 2.52. The van der Waals surface area contributed by atoms with E-state index in [0.29, 0.717) is 18.3 Å². The fourth-order valence-electron chi connectivity index (χ4n) is 1.90. The van der Waals surface area contributed by atoms with Gasteiger partial charge in [0.15, 0.2) is 5.11 Å². The molecule has 0 aliphatic carbocycles. The van der Waals surface area contributed by atoms with E-state index < -0.39 is 0 Å². The van der Waals surface area contributed by atoms with Crippen LogP contribution in [0.5, 0.6) is 11.5 Å². The predicted molar refractivity (Wildman–Crippen MR) is 105 cm³/mol. The van der Waals surface area contributed by atoms with Gasteiger partial charge in [0.1, 0.15) is 11.5 Å². The van der Waals surface area contributed by atoms with Crippen molar-refractivity contribution in [3.8, 4) is 11.5 Å². The van der Waals surface area contributed by atoms with Crippen LogP contribution in [0.2, 0.25) is 0 Å². The molecule has 2 radical (unpaired) electrons. The van der Waals surface area contributed by atoms with Gasteiger partial charge in [-0.3, -0.25) is 0 Å². The Kier molecular flexibility index (Phi) is 12.6. The molecule has 0 aliphatic rings. The summed E-state index contributed by atoms with van der Waals surface area (Å²) in [5.41, 5.74) is 1.82. The van der Waals surface area contributed by atoms with Gasteiger partial charge in [-0.2, -0.15) is 0 Å². The van der Waals surface area contributed by atoms with E-state index in [9.17, 15) is 0 Å². The number of thiocarbonyl (C=S) groups is 1. The van der Waals surface area contributed by atoms with Crippen LogP contribution in [0, 0.1) is 0 Å². The van der Waals surface area contributed by atoms with Gasteiger partial charge in [-0.1, -0.05) is 0 Å². The van der Waals surface area contributed by atoms with Crippen LogP contribution >= 0.6 is 12.2 Å². The fourth-order valence-corrected chi connectivity index (χ4v) is 2.13. The van der Waals surface area contributed by atoms with E-state index in [2.05, 4.69) is 10.6 Å². The van der Waals surface area contributed by atoms with Gasteiger partial charge in [0.25, 0.3) is 0 Å². The molecule has 4 nitrogen and oxygen atoms in total. The van der Waals surface area contributed by atoms with Crippen LogP contribution in [0.4, 0.5) is 11.4 Å². The second-order valence-corrected chi connectivity index (χ2v) is 4.90. The molecule has 2 aromatic rings. The number of hydrogen-bond acceptors (Lipinski definition) is 3. The topological polar surface area (TPSA) is 42.5 Å². The van der Waals surface area contributed by atoms with Gasteiger partial charge in [0.05, 0.1) is 13.2 Å². The number of rotatable bonds is 6. The van der Waals surface area contributed by atoms with Gasteiger partial charge in [-0.05, 0) is 74.6 Å². The molecular weight excluding hydrogens is 438 g/mol. The Hall–Kier alpha value is -0.471. The van der Waals surface area contributed by atoms with E-state index in [1.54, 1.807) is 0 Å². The molecular formula is C17H23N2NaO2SSn. The Morgan fingerprint density at radius 3 is 1.46 bits per heavy atom. The summed E-state index contributed by atoms with van der Waals surface area (Å²) < 4.78 is 10.8. The molecule has 0 atom stereocenters. The number of anilines is 2. The fraction of sp³-hybridized carbons (Fsp3) is 0.235. The molecule has 2 N–H and O–H groups in total. The van der Waals surface area contributed by atoms with Gasteiger partial charge >= 0.3 is 53.5 Å². The first-order valence-electron chi connectivity index (χ1n) is 7.25. The molecule has 2 rings (SSSR count). The Morgan fingerprint density at radius 2 is 1.17 bits per heavy atom. The van der Waals surface area contributed by atoms with Crippen molar-refractivity contribution in [2.24, 2.45) is 0 Å². The SMILES string of the molecule is CCOc1ccc(NC(=S)Nc2ccc(OCC)cc2)cc1.[H-].[Na+].[SnH2]. The van der Waals surface area contributed by atoms with Crippen molar-refractivity contribution in [3.63, 3.8) is 0 Å². The number of hydrogen-bond donors (Lipinski definition) is 2. The van der Waals surface area contributed by atoms with Crippen LogP contribution in [0.15, 0.2) is 48.5 Å². The molecule has 0 bridgehead atoms. The average molecular weight is 461 g/mol. The van der Waals surface area contributed by atoms with Gasteiger partial charge < -0.3 is 21.5 Å². The normalized spacial score (nSPS) is 9.08. The van der Waals surface area contributed by atoms with Crippen LogP contribution in [0.25, 0.3) is 0 Å². The molecule has 0 saturated carbocycles. The van der Waals surface area contributed by atoms with Gasteiger partial charge in [0.2, 0.25) is 0 Å². The van der Waals surface area contributed by atoms with E-state index in [0.717, 1.165) is 22.9 Å². The summed E-state index contributed by atoms with van der Waals surface area (Å²) in [6, 6.07) is 15.3. The molecule has 0 unspecified atom stereocenters. The van der Waals surface area contributed by atoms with Crippen molar-refractivity contribution in [3.05, 3.63) is 48.5 Å². The third-order valence-corrected chi connectivity index (χ3v) is 3.05. The third kappa shape index (κ3) is 8.07. The summed E-state index contributed by atoms with van der Waals surface area (Å²) in [5.74, 6) is 1.69. The molecule has 0 saturated heterocycles. The maximum atomic E-state index is 5.40. The molecule has 0 aromatic heterocycles. The molecule has 0 aliphatic heterocycles. The molecule has 0 amide bonds. The van der Waals surface area contributed by atoms with Crippen molar-refractivity contribution < 1.29 is 40.5 Å². The minimum atomic E-state index is 0. The van der Waals surface area contributed by atoms with Gasteiger partial charge in [-0.25, -0.2) is 0 Å². The molecule has 0 fully saturated rings. The van der Waals surface area contributed by atoms with Crippen molar-refractivity contribution in [1.29, 1.82) is 0 Å². The minimum absolute atomic E-state index is 0. The summed E-state index contributed by atoms with van der Waals surface area (Å²) in [7, 11) is 0. The van der Waals surface area contributed by atoms with Crippen LogP contribution in [0.1, 0.15) is 15.3 Å². The summed E-state index contributed by atoms with van der Waals surface area (Å²) in [4.78, 5) is 0. The maximum absolute atomic E-state index is 5.40. The third-order valence-electron chi connectivity index (χ3n) is 2.85. The Balaban J connectivity index is 0. The Bertz CT molecular complexity index is 562. The number of ether oxygens (including phenoxy) is 2. The first kappa shape index (κ1) is 23.5. The van der Waals surface area contributed by atoms with E-state index >= 15 is 0 Å². The summed E-state index contributed by atoms with van der Waals surface area (Å²) in [5, 5.41) is 6.80. The molecule has 0 spiro atoms. The van der Waals surface area contributed by atoms with Crippen LogP contribution in [-0.4, -0.2) is 42.2 Å². The van der Waals surface area contributed by atoms with E-state index in [1.165, 1.54) is 0 Å². The Morgan fingerprint density at radius 1 is 0.833 bits per heavy atom. The van der Waals surface area contributed by atoms with E-state index in [4.69, 9.17) is 21.7 Å². The quantitative estimate of drug-likeness (QED) is 0.485. The standard InChI is InChI=1S/C17H20N2O2S.Na.Sn.3H/c1-3-20-15-9-5-13(6-10-15)18-17(22)19-14-7-11-16(12-8-14)21-4-2;;;;;/h5-12H,3-4H2,1-2H3,(H2,18,19,22);;;;;/q;+1;;;;-1. The summed E-state index contributed by atoms with van der Waals surface area (Å²) >= 11 is 5.30. The second-order valence-electron chi connectivity index (χ2n) is 4.49. The molecule has 124 valence electrons. The van der Waals surface area contributed by atoms with Gasteiger partial charge in [0, 0.05) is 11.4 Å². The first-order valence-corrected chi connectivity index (χ1v) is 7.65. The number of nitrogens with one attached hydrogen (secondary N) is 2. The number of benzene rings is 2. The zero-order chi connectivity index (χ0) is 15.8. The van der Waals surface area contributed by atoms with Crippen molar-refractivity contribution in [2.75, 3.05) is 23.8 Å². The second kappa shape index (κ2) is 12.8. The first-order chi connectivity index (χ1) is 10.7. The van der Waals surface area contributed by atoms with Crippen molar-refractivity contribution in [2.45, 2.75) is 13.8 Å². The van der Waals surface area contributed by atoms with E-state index in [1.807, 2.05) is 62.4 Å². The Labute approximate surface area is 189 Å².